The number of guanidine groups is 1. The number of carbonyl (C=O) groups excluding carboxylic acids is 1. The number of ether oxygens (including phenoxy) is 1. The second-order valence-corrected chi connectivity index (χ2v) is 6.21. The molecule has 6 nitrogen and oxygen atoms in total. The Morgan fingerprint density at radius 2 is 1.83 bits per heavy atom. The molecule has 0 saturated carbocycles. The highest BCUT2D eigenvalue weighted by Gasteiger charge is 2.15. The van der Waals surface area contributed by atoms with Gasteiger partial charge in [-0.1, -0.05) is 30.3 Å². The van der Waals surface area contributed by atoms with Crippen LogP contribution < -0.4 is 16.4 Å². The summed E-state index contributed by atoms with van der Waals surface area (Å²) in [4.78, 5) is 15.6. The number of hydrogen-bond donors (Lipinski definition) is 3. The van der Waals surface area contributed by atoms with Gasteiger partial charge in [0.05, 0.1) is 0 Å². The Morgan fingerprint density at radius 3 is 2.46 bits per heavy atom. The zero-order valence-corrected chi connectivity index (χ0v) is 17.0. The largest absolute Gasteiger partial charge is 0.444 e. The monoisotopic (exact) mass is 448 g/mol. The van der Waals surface area contributed by atoms with E-state index in [0.29, 0.717) is 25.5 Å². The molecule has 1 aromatic carbocycles. The molecule has 1 amide bonds. The Bertz CT molecular complexity index is 501. The van der Waals surface area contributed by atoms with Gasteiger partial charge in [-0.25, -0.2) is 4.79 Å². The van der Waals surface area contributed by atoms with Gasteiger partial charge in [-0.15, -0.1) is 24.0 Å². The van der Waals surface area contributed by atoms with Crippen LogP contribution in [0.2, 0.25) is 0 Å². The van der Waals surface area contributed by atoms with E-state index in [1.807, 2.05) is 39.0 Å². The van der Waals surface area contributed by atoms with Crippen LogP contribution in [0.15, 0.2) is 35.3 Å². The molecule has 0 aliphatic rings. The third-order valence-corrected chi connectivity index (χ3v) is 2.85. The molecule has 0 bridgehead atoms. The van der Waals surface area contributed by atoms with Gasteiger partial charge in [0, 0.05) is 19.6 Å². The number of hydrogen-bond acceptors (Lipinski definition) is 3. The molecule has 0 aliphatic carbocycles. The molecule has 0 unspecified atom stereocenters. The van der Waals surface area contributed by atoms with E-state index in [4.69, 9.17) is 10.5 Å². The van der Waals surface area contributed by atoms with Crippen molar-refractivity contribution in [2.24, 2.45) is 10.7 Å². The lowest BCUT2D eigenvalue weighted by Crippen LogP contribution is -2.34. The van der Waals surface area contributed by atoms with Crippen molar-refractivity contribution in [3.8, 4) is 0 Å². The Hall–Kier alpha value is -1.51. The number of aliphatic imine (C=N–C) groups is 1. The van der Waals surface area contributed by atoms with E-state index in [2.05, 4.69) is 27.8 Å². The summed E-state index contributed by atoms with van der Waals surface area (Å²) in [7, 11) is 0. The second-order valence-electron chi connectivity index (χ2n) is 6.21. The number of nitrogens with one attached hydrogen (secondary N) is 2. The minimum absolute atomic E-state index is 0. The topological polar surface area (TPSA) is 88.7 Å². The third kappa shape index (κ3) is 12.0. The summed E-state index contributed by atoms with van der Waals surface area (Å²) < 4.78 is 5.14. The number of alkyl carbamates (subject to hydrolysis) is 1. The lowest BCUT2D eigenvalue weighted by molar-refractivity contribution is 0.0527. The maximum atomic E-state index is 11.4. The van der Waals surface area contributed by atoms with Crippen LogP contribution in [0.3, 0.4) is 0 Å². The van der Waals surface area contributed by atoms with Gasteiger partial charge in [0.25, 0.3) is 0 Å². The quantitative estimate of drug-likeness (QED) is 0.259. The summed E-state index contributed by atoms with van der Waals surface area (Å²) in [5.74, 6) is 0.429. The van der Waals surface area contributed by atoms with Crippen LogP contribution in [0.5, 0.6) is 0 Å². The van der Waals surface area contributed by atoms with Crippen molar-refractivity contribution in [3.05, 3.63) is 35.9 Å². The van der Waals surface area contributed by atoms with Gasteiger partial charge < -0.3 is 21.1 Å². The van der Waals surface area contributed by atoms with E-state index < -0.39 is 11.7 Å². The lowest BCUT2D eigenvalue weighted by atomic mass is 10.1. The fraction of sp³-hybridized carbons (Fsp3) is 0.529. The second kappa shape index (κ2) is 11.9. The molecular weight excluding hydrogens is 419 g/mol. The highest BCUT2D eigenvalue weighted by molar-refractivity contribution is 14.0. The van der Waals surface area contributed by atoms with Gasteiger partial charge in [-0.05, 0) is 39.2 Å². The molecule has 0 saturated heterocycles. The van der Waals surface area contributed by atoms with Crippen LogP contribution in [-0.4, -0.2) is 37.3 Å². The maximum Gasteiger partial charge on any atom is 0.407 e. The van der Waals surface area contributed by atoms with E-state index in [9.17, 15) is 4.79 Å². The number of nitrogens with two attached hydrogens (primary N) is 1. The van der Waals surface area contributed by atoms with Crippen molar-refractivity contribution < 1.29 is 9.53 Å². The smallest absolute Gasteiger partial charge is 0.407 e. The summed E-state index contributed by atoms with van der Waals surface area (Å²) in [6.07, 6.45) is 1.20. The SMILES string of the molecule is CC(C)(C)OC(=O)NCCCN=C(N)NCCc1ccccc1.I. The van der Waals surface area contributed by atoms with Crippen LogP contribution in [0.4, 0.5) is 4.79 Å². The molecule has 1 aromatic rings. The van der Waals surface area contributed by atoms with Gasteiger partial charge >= 0.3 is 6.09 Å². The van der Waals surface area contributed by atoms with Crippen molar-refractivity contribution in [3.63, 3.8) is 0 Å². The van der Waals surface area contributed by atoms with Gasteiger partial charge in [0.2, 0.25) is 0 Å². The van der Waals surface area contributed by atoms with Gasteiger partial charge in [0.1, 0.15) is 5.60 Å². The lowest BCUT2D eigenvalue weighted by Gasteiger charge is -2.19. The molecule has 0 aliphatic heterocycles. The highest BCUT2D eigenvalue weighted by Crippen LogP contribution is 2.06. The van der Waals surface area contributed by atoms with Crippen LogP contribution in [0, 0.1) is 0 Å². The van der Waals surface area contributed by atoms with Crippen molar-refractivity contribution in [1.82, 2.24) is 10.6 Å². The third-order valence-electron chi connectivity index (χ3n) is 2.85. The molecule has 0 radical (unpaired) electrons. The van der Waals surface area contributed by atoms with Gasteiger partial charge in [-0.3, -0.25) is 4.99 Å². The van der Waals surface area contributed by atoms with Crippen molar-refractivity contribution in [2.75, 3.05) is 19.6 Å². The molecule has 0 spiro atoms. The number of nitrogens with zero attached hydrogens (tertiary/aromatic N) is 1. The molecule has 0 aromatic heterocycles. The molecule has 24 heavy (non-hydrogen) atoms. The summed E-state index contributed by atoms with van der Waals surface area (Å²) in [5, 5.41) is 5.76. The maximum absolute atomic E-state index is 11.4. The first kappa shape index (κ1) is 22.5. The van der Waals surface area contributed by atoms with Crippen molar-refractivity contribution >= 4 is 36.0 Å². The molecule has 7 heteroatoms. The molecule has 0 heterocycles. The number of amides is 1. The molecule has 136 valence electrons. The zero-order chi connectivity index (χ0) is 17.1. The fourth-order valence-electron chi connectivity index (χ4n) is 1.82. The summed E-state index contributed by atoms with van der Waals surface area (Å²) in [5.41, 5.74) is 6.57. The van der Waals surface area contributed by atoms with Crippen LogP contribution in [0.1, 0.15) is 32.8 Å². The van der Waals surface area contributed by atoms with Crippen LogP contribution in [0.25, 0.3) is 0 Å². The number of carbonyl (C=O) groups is 1. The summed E-state index contributed by atoms with van der Waals surface area (Å²) in [6.45, 7) is 7.31. The number of halogens is 1. The fourth-order valence-corrected chi connectivity index (χ4v) is 1.82. The average molecular weight is 448 g/mol. The Kier molecular flexibility index (Phi) is 11.2. The van der Waals surface area contributed by atoms with Crippen molar-refractivity contribution in [2.45, 2.75) is 39.2 Å². The minimum atomic E-state index is -0.477. The van der Waals surface area contributed by atoms with E-state index in [1.54, 1.807) is 0 Å². The molecule has 4 N–H and O–H groups in total. The molecular formula is C17H29IN4O2. The Labute approximate surface area is 161 Å². The Balaban J connectivity index is 0.00000529. The number of benzene rings is 1. The minimum Gasteiger partial charge on any atom is -0.444 e. The molecule has 1 rings (SSSR count). The van der Waals surface area contributed by atoms with Gasteiger partial charge in [0.15, 0.2) is 5.96 Å². The predicted octanol–water partition coefficient (Wildman–Crippen LogP) is 2.67. The molecule has 0 fully saturated rings. The predicted molar refractivity (Wildman–Crippen MR) is 109 cm³/mol. The first-order chi connectivity index (χ1) is 10.9. The van der Waals surface area contributed by atoms with Crippen LogP contribution in [-0.2, 0) is 11.2 Å². The normalized spacial score (nSPS) is 11.4. The first-order valence-electron chi connectivity index (χ1n) is 7.91. The Morgan fingerprint density at radius 1 is 1.17 bits per heavy atom. The number of rotatable bonds is 7. The summed E-state index contributed by atoms with van der Waals surface area (Å²) >= 11 is 0. The van der Waals surface area contributed by atoms with E-state index in [-0.39, 0.29) is 24.0 Å². The average Bonchev–Trinajstić information content (AvgIpc) is 2.46. The standard InChI is InChI=1S/C17H28N4O2.HI/c1-17(2,3)23-16(22)21-12-7-11-19-15(18)20-13-10-14-8-5-4-6-9-14;/h4-6,8-9H,7,10-13H2,1-3H3,(H,21,22)(H3,18,19,20);1H. The van der Waals surface area contributed by atoms with E-state index in [1.165, 1.54) is 5.56 Å². The van der Waals surface area contributed by atoms with Crippen LogP contribution >= 0.6 is 24.0 Å². The van der Waals surface area contributed by atoms with E-state index >= 15 is 0 Å². The summed E-state index contributed by atoms with van der Waals surface area (Å²) in [6, 6.07) is 10.2. The van der Waals surface area contributed by atoms with Crippen molar-refractivity contribution in [1.29, 1.82) is 0 Å². The highest BCUT2D eigenvalue weighted by atomic mass is 127. The first-order valence-corrected chi connectivity index (χ1v) is 7.91. The molecule has 0 atom stereocenters. The van der Waals surface area contributed by atoms with E-state index in [0.717, 1.165) is 13.0 Å². The zero-order valence-electron chi connectivity index (χ0n) is 14.7. The van der Waals surface area contributed by atoms with Gasteiger partial charge in [-0.2, -0.15) is 0 Å².